The molecule has 3 aromatic rings. The Morgan fingerprint density at radius 3 is 2.69 bits per heavy atom. The second-order valence-electron chi connectivity index (χ2n) is 6.13. The van der Waals surface area contributed by atoms with Gasteiger partial charge >= 0.3 is 0 Å². The molecule has 7 heteroatoms. The van der Waals surface area contributed by atoms with Crippen LogP contribution in [0.25, 0.3) is 10.8 Å². The van der Waals surface area contributed by atoms with E-state index in [2.05, 4.69) is 10.4 Å². The lowest BCUT2D eigenvalue weighted by Crippen LogP contribution is -2.31. The van der Waals surface area contributed by atoms with E-state index in [-0.39, 0.29) is 30.0 Å². The van der Waals surface area contributed by atoms with E-state index < -0.39 is 0 Å². The molecule has 2 aromatic carbocycles. The number of carbonyl (C=O) groups is 1. The third kappa shape index (κ3) is 2.67. The minimum Gasteiger partial charge on any atom is -0.454 e. The highest BCUT2D eigenvalue weighted by atomic mass is 16.7. The van der Waals surface area contributed by atoms with Gasteiger partial charge in [-0.25, -0.2) is 4.68 Å². The van der Waals surface area contributed by atoms with Crippen LogP contribution < -0.4 is 20.3 Å². The Labute approximate surface area is 149 Å². The summed E-state index contributed by atoms with van der Waals surface area (Å²) >= 11 is 0. The maximum absolute atomic E-state index is 12.8. The lowest BCUT2D eigenvalue weighted by atomic mass is 10.1. The van der Waals surface area contributed by atoms with Crippen molar-refractivity contribution in [1.29, 1.82) is 0 Å². The van der Waals surface area contributed by atoms with Crippen molar-refractivity contribution in [3.8, 4) is 11.5 Å². The van der Waals surface area contributed by atoms with Crippen molar-refractivity contribution in [3.63, 3.8) is 0 Å². The van der Waals surface area contributed by atoms with Gasteiger partial charge in [0.05, 0.1) is 11.4 Å². The Bertz CT molecular complexity index is 1070. The summed E-state index contributed by atoms with van der Waals surface area (Å²) < 4.78 is 11.9. The van der Waals surface area contributed by atoms with Gasteiger partial charge in [-0.1, -0.05) is 24.3 Å². The van der Waals surface area contributed by atoms with Crippen LogP contribution in [0.5, 0.6) is 11.5 Å². The first-order valence-corrected chi connectivity index (χ1v) is 8.21. The van der Waals surface area contributed by atoms with E-state index in [1.165, 1.54) is 11.7 Å². The summed E-state index contributed by atoms with van der Waals surface area (Å²) in [6, 6.07) is 12.2. The van der Waals surface area contributed by atoms with Gasteiger partial charge in [0.2, 0.25) is 6.79 Å². The number of benzene rings is 2. The number of fused-ring (bicyclic) bond motifs is 2. The van der Waals surface area contributed by atoms with Crippen LogP contribution in [-0.2, 0) is 7.05 Å². The molecule has 0 spiro atoms. The summed E-state index contributed by atoms with van der Waals surface area (Å²) in [5.74, 6) is 1.01. The molecule has 0 aliphatic carbocycles. The maximum Gasteiger partial charge on any atom is 0.274 e. The fraction of sp³-hybridized carbons (Fsp3) is 0.211. The molecule has 0 bridgehead atoms. The second-order valence-corrected chi connectivity index (χ2v) is 6.13. The van der Waals surface area contributed by atoms with Crippen molar-refractivity contribution in [2.45, 2.75) is 13.0 Å². The van der Waals surface area contributed by atoms with Crippen LogP contribution in [0, 0.1) is 0 Å². The molecular weight excluding hydrogens is 334 g/mol. The highest BCUT2D eigenvalue weighted by Gasteiger charge is 2.20. The summed E-state index contributed by atoms with van der Waals surface area (Å²) in [6.45, 7) is 2.08. The molecule has 0 saturated carbocycles. The number of ether oxygens (including phenoxy) is 2. The van der Waals surface area contributed by atoms with Crippen LogP contribution in [0.15, 0.2) is 47.3 Å². The number of hydrogen-bond donors (Lipinski definition) is 1. The predicted octanol–water partition coefficient (Wildman–Crippen LogP) is 2.15. The van der Waals surface area contributed by atoms with Crippen LogP contribution in [0.2, 0.25) is 0 Å². The SMILES string of the molecule is CC(NC(=O)c1nn(C)c(=O)c2ccccc12)c1ccc2c(c1)OCO2. The molecule has 132 valence electrons. The lowest BCUT2D eigenvalue weighted by Gasteiger charge is -2.15. The van der Waals surface area contributed by atoms with Gasteiger partial charge in [-0.3, -0.25) is 9.59 Å². The fourth-order valence-corrected chi connectivity index (χ4v) is 3.00. The molecule has 1 aliphatic heterocycles. The molecule has 26 heavy (non-hydrogen) atoms. The fourth-order valence-electron chi connectivity index (χ4n) is 3.00. The molecule has 1 unspecified atom stereocenters. The number of hydrogen-bond acceptors (Lipinski definition) is 5. The molecule has 0 fully saturated rings. The molecule has 1 N–H and O–H groups in total. The van der Waals surface area contributed by atoms with Crippen molar-refractivity contribution < 1.29 is 14.3 Å². The normalized spacial score (nSPS) is 13.6. The molecule has 0 saturated heterocycles. The van der Waals surface area contributed by atoms with E-state index >= 15 is 0 Å². The Balaban J connectivity index is 1.65. The molecule has 2 heterocycles. The van der Waals surface area contributed by atoms with Crippen molar-refractivity contribution in [1.82, 2.24) is 15.1 Å². The van der Waals surface area contributed by atoms with Crippen LogP contribution in [0.4, 0.5) is 0 Å². The van der Waals surface area contributed by atoms with Crippen molar-refractivity contribution >= 4 is 16.7 Å². The molecular formula is C19H17N3O4. The van der Waals surface area contributed by atoms with E-state index in [1.807, 2.05) is 25.1 Å². The first kappa shape index (κ1) is 16.1. The third-order valence-electron chi connectivity index (χ3n) is 4.42. The number of aromatic nitrogens is 2. The highest BCUT2D eigenvalue weighted by molar-refractivity contribution is 6.04. The van der Waals surface area contributed by atoms with E-state index in [9.17, 15) is 9.59 Å². The smallest absolute Gasteiger partial charge is 0.274 e. The van der Waals surface area contributed by atoms with E-state index in [4.69, 9.17) is 9.47 Å². The topological polar surface area (TPSA) is 82.5 Å². The van der Waals surface area contributed by atoms with Gasteiger partial charge in [0.25, 0.3) is 11.5 Å². The van der Waals surface area contributed by atoms with E-state index in [1.54, 1.807) is 24.3 Å². The Morgan fingerprint density at radius 2 is 1.88 bits per heavy atom. The average molecular weight is 351 g/mol. The number of nitrogens with zero attached hydrogens (tertiary/aromatic N) is 2. The van der Waals surface area contributed by atoms with Gasteiger partial charge in [-0.2, -0.15) is 5.10 Å². The quantitative estimate of drug-likeness (QED) is 0.782. The van der Waals surface area contributed by atoms with Crippen LogP contribution in [0.3, 0.4) is 0 Å². The lowest BCUT2D eigenvalue weighted by molar-refractivity contribution is 0.0934. The molecule has 1 atom stereocenters. The second kappa shape index (κ2) is 6.18. The zero-order chi connectivity index (χ0) is 18.3. The first-order chi connectivity index (χ1) is 12.5. The number of amides is 1. The van der Waals surface area contributed by atoms with Gasteiger partial charge < -0.3 is 14.8 Å². The number of carbonyl (C=O) groups excluding carboxylic acids is 1. The van der Waals surface area contributed by atoms with Gasteiger partial charge in [-0.05, 0) is 30.7 Å². The minimum absolute atomic E-state index is 0.202. The Hall–Kier alpha value is -3.35. The maximum atomic E-state index is 12.8. The van der Waals surface area contributed by atoms with Crippen molar-refractivity contribution in [2.75, 3.05) is 6.79 Å². The summed E-state index contributed by atoms with van der Waals surface area (Å²) in [5, 5.41) is 8.08. The first-order valence-electron chi connectivity index (χ1n) is 8.21. The van der Waals surface area contributed by atoms with Crippen LogP contribution >= 0.6 is 0 Å². The van der Waals surface area contributed by atoms with Gasteiger partial charge in [0.1, 0.15) is 0 Å². The van der Waals surface area contributed by atoms with E-state index in [0.717, 1.165) is 5.56 Å². The van der Waals surface area contributed by atoms with Crippen molar-refractivity contribution in [2.24, 2.45) is 7.05 Å². The summed E-state index contributed by atoms with van der Waals surface area (Å²) in [7, 11) is 1.53. The zero-order valence-electron chi connectivity index (χ0n) is 14.4. The average Bonchev–Trinajstić information content (AvgIpc) is 3.12. The number of aryl methyl sites for hydroxylation is 1. The largest absolute Gasteiger partial charge is 0.454 e. The van der Waals surface area contributed by atoms with Gasteiger partial charge in [-0.15, -0.1) is 0 Å². The molecule has 0 radical (unpaired) electrons. The van der Waals surface area contributed by atoms with E-state index in [0.29, 0.717) is 22.3 Å². The van der Waals surface area contributed by atoms with Gasteiger partial charge in [0.15, 0.2) is 17.2 Å². The number of rotatable bonds is 3. The molecule has 7 nitrogen and oxygen atoms in total. The number of nitrogens with one attached hydrogen (secondary N) is 1. The third-order valence-corrected chi connectivity index (χ3v) is 4.42. The van der Waals surface area contributed by atoms with Crippen LogP contribution in [0.1, 0.15) is 29.0 Å². The predicted molar refractivity (Wildman–Crippen MR) is 95.4 cm³/mol. The molecule has 1 amide bonds. The molecule has 1 aliphatic rings. The highest BCUT2D eigenvalue weighted by Crippen LogP contribution is 2.34. The minimum atomic E-state index is -0.345. The Morgan fingerprint density at radius 1 is 1.15 bits per heavy atom. The Kier molecular flexibility index (Phi) is 3.84. The summed E-state index contributed by atoms with van der Waals surface area (Å²) in [4.78, 5) is 25.0. The standard InChI is InChI=1S/C19H17N3O4/c1-11(12-7-8-15-16(9-12)26-10-25-15)20-18(23)17-13-5-3-4-6-14(13)19(24)22(2)21-17/h3-9,11H,10H2,1-2H3,(H,20,23). The van der Waals surface area contributed by atoms with Crippen LogP contribution in [-0.4, -0.2) is 22.5 Å². The van der Waals surface area contributed by atoms with Gasteiger partial charge in [0, 0.05) is 12.4 Å². The molecule has 1 aromatic heterocycles. The zero-order valence-corrected chi connectivity index (χ0v) is 14.4. The monoisotopic (exact) mass is 351 g/mol. The summed E-state index contributed by atoms with van der Waals surface area (Å²) in [5.41, 5.74) is 0.869. The van der Waals surface area contributed by atoms with Crippen molar-refractivity contribution in [3.05, 3.63) is 64.1 Å². The summed E-state index contributed by atoms with van der Waals surface area (Å²) in [6.07, 6.45) is 0. The molecule has 4 rings (SSSR count).